The van der Waals surface area contributed by atoms with Crippen molar-refractivity contribution >= 4 is 12.0 Å². The second-order valence-electron chi connectivity index (χ2n) is 14.0. The summed E-state index contributed by atoms with van der Waals surface area (Å²) in [6, 6.07) is 14.2. The van der Waals surface area contributed by atoms with Crippen molar-refractivity contribution in [2.45, 2.75) is 96.8 Å². The normalized spacial score (nSPS) is 21.5. The zero-order valence-corrected chi connectivity index (χ0v) is 26.3. The summed E-state index contributed by atoms with van der Waals surface area (Å²) in [6.07, 6.45) is -1.36. The van der Waals surface area contributed by atoms with Gasteiger partial charge in [-0.3, -0.25) is 9.69 Å². The number of halogens is 3. The van der Waals surface area contributed by atoms with Gasteiger partial charge in [0.2, 0.25) is 5.91 Å². The minimum atomic E-state index is -4.74. The molecule has 0 N–H and O–H groups in total. The number of carbonyl (C=O) groups is 2. The van der Waals surface area contributed by atoms with Crippen LogP contribution in [0.5, 0.6) is 5.75 Å². The Hall–Kier alpha value is -3.27. The number of amides is 2. The van der Waals surface area contributed by atoms with Gasteiger partial charge in [0.05, 0.1) is 12.6 Å². The van der Waals surface area contributed by atoms with Crippen LogP contribution in [0.25, 0.3) is 0 Å². The number of hydrogen-bond acceptors (Lipinski definition) is 5. The Bertz CT molecular complexity index is 1320. The number of carbonyl (C=O) groups excluding carboxylic acids is 2. The van der Waals surface area contributed by atoms with Crippen LogP contribution in [0.15, 0.2) is 48.5 Å². The molecule has 5 rings (SSSR count). The largest absolute Gasteiger partial charge is 0.573 e. The molecule has 2 aromatic rings. The fraction of sp³-hybridized carbons (Fsp3) is 0.588. The van der Waals surface area contributed by atoms with Gasteiger partial charge in [-0.1, -0.05) is 50.2 Å². The predicted molar refractivity (Wildman–Crippen MR) is 161 cm³/mol. The molecule has 1 saturated carbocycles. The van der Waals surface area contributed by atoms with Crippen LogP contribution in [-0.4, -0.2) is 70.9 Å². The minimum absolute atomic E-state index is 0.0721. The third kappa shape index (κ3) is 7.50. The average Bonchev–Trinajstić information content (AvgIpc) is 2.91. The van der Waals surface area contributed by atoms with Crippen LogP contribution in [-0.2, 0) is 16.1 Å². The van der Waals surface area contributed by atoms with Crippen molar-refractivity contribution in [3.63, 3.8) is 0 Å². The molecule has 2 aromatic carbocycles. The highest BCUT2D eigenvalue weighted by Crippen LogP contribution is 2.53. The highest BCUT2D eigenvalue weighted by molar-refractivity contribution is 5.80. The smallest absolute Gasteiger partial charge is 0.444 e. The fourth-order valence-corrected chi connectivity index (χ4v) is 7.10. The van der Waals surface area contributed by atoms with E-state index in [1.54, 1.807) is 17.0 Å². The highest BCUT2D eigenvalue weighted by Gasteiger charge is 2.52. The van der Waals surface area contributed by atoms with Crippen LogP contribution in [0.2, 0.25) is 0 Å². The van der Waals surface area contributed by atoms with Crippen molar-refractivity contribution in [2.75, 3.05) is 26.2 Å². The maximum atomic E-state index is 13.9. The van der Waals surface area contributed by atoms with Gasteiger partial charge in [0.1, 0.15) is 11.4 Å². The van der Waals surface area contributed by atoms with Crippen molar-refractivity contribution in [3.05, 3.63) is 65.2 Å². The molecule has 2 heterocycles. The third-order valence-electron chi connectivity index (χ3n) is 9.16. The van der Waals surface area contributed by atoms with E-state index in [-0.39, 0.29) is 47.7 Å². The van der Waals surface area contributed by atoms with Crippen molar-refractivity contribution in [1.29, 1.82) is 0 Å². The SMILES string of the molecule is CC(C)c1ccccc1C1CN(Cc2ccc(OC(F)(F)F)cc2)CC(=O)N1C1CC2(CCN(C(=O)OC(C)(C)C)CC2)C1. The molecular formula is C34H44F3N3O4. The molecule has 1 atom stereocenters. The van der Waals surface area contributed by atoms with E-state index in [0.29, 0.717) is 26.2 Å². The first-order valence-corrected chi connectivity index (χ1v) is 15.6. The van der Waals surface area contributed by atoms with Gasteiger partial charge >= 0.3 is 12.5 Å². The molecule has 7 nitrogen and oxygen atoms in total. The molecule has 240 valence electrons. The third-order valence-corrected chi connectivity index (χ3v) is 9.16. The quantitative estimate of drug-likeness (QED) is 0.342. The molecule has 2 saturated heterocycles. The lowest BCUT2D eigenvalue weighted by molar-refractivity contribution is -0.274. The number of benzene rings is 2. The Morgan fingerprint density at radius 3 is 2.23 bits per heavy atom. The molecule has 0 bridgehead atoms. The maximum Gasteiger partial charge on any atom is 0.573 e. The van der Waals surface area contributed by atoms with Gasteiger partial charge < -0.3 is 19.3 Å². The lowest BCUT2D eigenvalue weighted by atomic mass is 9.59. The number of alkyl halides is 3. The molecule has 0 radical (unpaired) electrons. The van der Waals surface area contributed by atoms with E-state index in [4.69, 9.17) is 4.74 Å². The summed E-state index contributed by atoms with van der Waals surface area (Å²) in [5.74, 6) is 0.0919. The topological polar surface area (TPSA) is 62.3 Å². The summed E-state index contributed by atoms with van der Waals surface area (Å²) in [6.45, 7) is 12.6. The standard InChI is InChI=1S/C34H44F3N3O4/c1-23(2)27-8-6-7-9-28(27)29-21-38(20-24-10-12-26(13-11-24)43-34(35,36)37)22-30(41)40(29)25-18-33(19-25)14-16-39(17-15-33)31(42)44-32(3,4)5/h6-13,23,25,29H,14-22H2,1-5H3. The van der Waals surface area contributed by atoms with Gasteiger partial charge in [-0.25, -0.2) is 4.79 Å². The zero-order chi connectivity index (χ0) is 31.9. The Labute approximate surface area is 258 Å². The summed E-state index contributed by atoms with van der Waals surface area (Å²) in [7, 11) is 0. The van der Waals surface area contributed by atoms with Gasteiger partial charge in [-0.2, -0.15) is 0 Å². The Kier molecular flexibility index (Phi) is 8.95. The molecule has 1 unspecified atom stereocenters. The molecular weight excluding hydrogens is 571 g/mol. The number of likely N-dealkylation sites (tertiary alicyclic amines) is 1. The number of hydrogen-bond donors (Lipinski definition) is 0. The summed E-state index contributed by atoms with van der Waals surface area (Å²) in [4.78, 5) is 32.5. The van der Waals surface area contributed by atoms with Crippen molar-refractivity contribution in [1.82, 2.24) is 14.7 Å². The molecule has 1 spiro atoms. The zero-order valence-electron chi connectivity index (χ0n) is 26.3. The lowest BCUT2D eigenvalue weighted by Crippen LogP contribution is -2.62. The molecule has 44 heavy (non-hydrogen) atoms. The Morgan fingerprint density at radius 2 is 1.64 bits per heavy atom. The van der Waals surface area contributed by atoms with E-state index in [1.165, 1.54) is 17.7 Å². The van der Waals surface area contributed by atoms with E-state index < -0.39 is 12.0 Å². The van der Waals surface area contributed by atoms with Crippen LogP contribution in [0, 0.1) is 5.41 Å². The molecule has 10 heteroatoms. The van der Waals surface area contributed by atoms with Crippen LogP contribution in [0.1, 0.15) is 89.0 Å². The van der Waals surface area contributed by atoms with Crippen molar-refractivity contribution in [2.24, 2.45) is 5.41 Å². The predicted octanol–water partition coefficient (Wildman–Crippen LogP) is 7.27. The minimum Gasteiger partial charge on any atom is -0.444 e. The van der Waals surface area contributed by atoms with E-state index >= 15 is 0 Å². The summed E-state index contributed by atoms with van der Waals surface area (Å²) in [5, 5.41) is 0. The van der Waals surface area contributed by atoms with Crippen LogP contribution >= 0.6 is 0 Å². The molecule has 2 aliphatic heterocycles. The van der Waals surface area contributed by atoms with Crippen LogP contribution in [0.4, 0.5) is 18.0 Å². The summed E-state index contributed by atoms with van der Waals surface area (Å²) in [5.41, 5.74) is 2.78. The van der Waals surface area contributed by atoms with Gasteiger partial charge in [0, 0.05) is 32.2 Å². The fourth-order valence-electron chi connectivity index (χ4n) is 7.10. The number of nitrogens with zero attached hydrogens (tertiary/aromatic N) is 3. The van der Waals surface area contributed by atoms with Gasteiger partial charge in [0.25, 0.3) is 0 Å². The van der Waals surface area contributed by atoms with Crippen molar-refractivity contribution in [3.8, 4) is 5.75 Å². The van der Waals surface area contributed by atoms with Gasteiger partial charge in [-0.15, -0.1) is 13.2 Å². The van der Waals surface area contributed by atoms with Gasteiger partial charge in [0.15, 0.2) is 0 Å². The molecule has 3 aliphatic rings. The first kappa shape index (κ1) is 32.1. The van der Waals surface area contributed by atoms with Crippen LogP contribution in [0.3, 0.4) is 0 Å². The van der Waals surface area contributed by atoms with E-state index in [0.717, 1.165) is 36.8 Å². The van der Waals surface area contributed by atoms with E-state index in [2.05, 4.69) is 40.5 Å². The molecule has 2 amide bonds. The first-order chi connectivity index (χ1) is 20.6. The van der Waals surface area contributed by atoms with Gasteiger partial charge in [-0.05, 0) is 86.6 Å². The van der Waals surface area contributed by atoms with Crippen LogP contribution < -0.4 is 4.74 Å². The van der Waals surface area contributed by atoms with E-state index in [9.17, 15) is 22.8 Å². The first-order valence-electron chi connectivity index (χ1n) is 15.6. The van der Waals surface area contributed by atoms with E-state index in [1.807, 2.05) is 32.9 Å². The lowest BCUT2D eigenvalue weighted by Gasteiger charge is -2.58. The number of piperazine rings is 1. The van der Waals surface area contributed by atoms with Crippen molar-refractivity contribution < 1.29 is 32.2 Å². The molecule has 1 aliphatic carbocycles. The molecule has 0 aromatic heterocycles. The molecule has 3 fully saturated rings. The summed E-state index contributed by atoms with van der Waals surface area (Å²) < 4.78 is 47.4. The number of ether oxygens (including phenoxy) is 2. The Morgan fingerprint density at radius 1 is 1.00 bits per heavy atom. The average molecular weight is 616 g/mol. The number of piperidine rings is 1. The highest BCUT2D eigenvalue weighted by atomic mass is 19.4. The Balaban J connectivity index is 1.30. The maximum absolute atomic E-state index is 13.9. The number of rotatable bonds is 6. The second-order valence-corrected chi connectivity index (χ2v) is 14.0. The second kappa shape index (κ2) is 12.3. The summed E-state index contributed by atoms with van der Waals surface area (Å²) >= 11 is 0. The monoisotopic (exact) mass is 615 g/mol.